The van der Waals surface area contributed by atoms with Gasteiger partial charge in [-0.1, -0.05) is 52.9 Å². The zero-order valence-electron chi connectivity index (χ0n) is 13.5. The zero-order chi connectivity index (χ0) is 15.8. The summed E-state index contributed by atoms with van der Waals surface area (Å²) in [5, 5.41) is 9.50. The first-order valence-corrected chi connectivity index (χ1v) is 7.39. The smallest absolute Gasteiger partial charge is 0.410 e. The average molecular weight is 284 g/mol. The maximum absolute atomic E-state index is 12.2. The quantitative estimate of drug-likeness (QED) is 0.790. The Labute approximate surface area is 121 Å². The molecule has 5 heteroatoms. The van der Waals surface area contributed by atoms with Crippen molar-refractivity contribution >= 4 is 12.1 Å². The Morgan fingerprint density at radius 1 is 1.40 bits per heavy atom. The molecule has 1 N–H and O–H groups in total. The summed E-state index contributed by atoms with van der Waals surface area (Å²) >= 11 is 0. The minimum Gasteiger partial charge on any atom is -0.465 e. The van der Waals surface area contributed by atoms with Gasteiger partial charge in [0.05, 0.1) is 1.37 Å². The highest BCUT2D eigenvalue weighted by Crippen LogP contribution is 2.37. The van der Waals surface area contributed by atoms with Crippen LogP contribution in [0.15, 0.2) is 0 Å². The number of nitrogens with zero attached hydrogens (tertiary/aromatic N) is 1. The maximum atomic E-state index is 12.2. The van der Waals surface area contributed by atoms with Crippen LogP contribution < -0.4 is 0 Å². The van der Waals surface area contributed by atoms with E-state index in [0.29, 0.717) is 0 Å². The second-order valence-electron chi connectivity index (χ2n) is 6.93. The molecule has 1 aliphatic carbocycles. The van der Waals surface area contributed by atoms with Crippen LogP contribution in [-0.2, 0) is 9.53 Å². The van der Waals surface area contributed by atoms with Crippen LogP contribution in [0.5, 0.6) is 0 Å². The van der Waals surface area contributed by atoms with E-state index < -0.39 is 29.7 Å². The van der Waals surface area contributed by atoms with Crippen LogP contribution in [0.3, 0.4) is 0 Å². The molecule has 2 aliphatic rings. The first-order valence-electron chi connectivity index (χ1n) is 7.89. The summed E-state index contributed by atoms with van der Waals surface area (Å²) in [6, 6.07) is -1.80. The molecule has 1 saturated carbocycles. The maximum Gasteiger partial charge on any atom is 0.410 e. The molecular weight excluding hydrogens is 258 g/mol. The van der Waals surface area contributed by atoms with Crippen LogP contribution in [0.2, 0.25) is 0 Å². The van der Waals surface area contributed by atoms with Gasteiger partial charge in [-0.3, -0.25) is 4.90 Å². The van der Waals surface area contributed by atoms with Crippen molar-refractivity contribution in [2.45, 2.75) is 71.5 Å². The minimum absolute atomic E-state index is 0.226. The van der Waals surface area contributed by atoms with E-state index in [2.05, 4.69) is 0 Å². The molecule has 1 aliphatic heterocycles. The van der Waals surface area contributed by atoms with Crippen LogP contribution in [0.25, 0.3) is 0 Å². The van der Waals surface area contributed by atoms with Gasteiger partial charge in [0.25, 0.3) is 0 Å². The van der Waals surface area contributed by atoms with E-state index in [0.717, 1.165) is 30.6 Å². The van der Waals surface area contributed by atoms with Gasteiger partial charge >= 0.3 is 12.1 Å². The lowest BCUT2D eigenvalue weighted by atomic mass is 9.84. The predicted molar refractivity (Wildman–Crippen MR) is 74.2 cm³/mol. The second kappa shape index (κ2) is 5.62. The molecule has 2 rings (SSSR count). The fourth-order valence-corrected chi connectivity index (χ4v) is 3.09. The lowest BCUT2D eigenvalue weighted by Crippen LogP contribution is -2.47. The Morgan fingerprint density at radius 2 is 2.00 bits per heavy atom. The van der Waals surface area contributed by atoms with Crippen LogP contribution in [-0.4, -0.2) is 34.3 Å². The number of esters is 1. The lowest BCUT2D eigenvalue weighted by molar-refractivity contribution is -0.147. The minimum atomic E-state index is -1.80. The Hall–Kier alpha value is -1.26. The molecule has 0 radical (unpaired) electrons. The fraction of sp³-hybridized carbons (Fsp3) is 0.867. The van der Waals surface area contributed by atoms with Gasteiger partial charge in [-0.2, -0.15) is 0 Å². The van der Waals surface area contributed by atoms with Gasteiger partial charge in [0, 0.05) is 5.41 Å². The van der Waals surface area contributed by atoms with Crippen molar-refractivity contribution in [2.75, 3.05) is 0 Å². The third-order valence-corrected chi connectivity index (χ3v) is 4.13. The van der Waals surface area contributed by atoms with Gasteiger partial charge in [-0.05, 0) is 12.3 Å². The summed E-state index contributed by atoms with van der Waals surface area (Å²) < 4.78 is 13.8. The van der Waals surface area contributed by atoms with Crippen LogP contribution in [0.4, 0.5) is 4.79 Å². The van der Waals surface area contributed by atoms with Gasteiger partial charge in [-0.15, -0.1) is 0 Å². The van der Waals surface area contributed by atoms with Crippen molar-refractivity contribution in [1.29, 1.82) is 0 Å². The number of carbonyl (C=O) groups is 2. The van der Waals surface area contributed by atoms with Gasteiger partial charge in [0.1, 0.15) is 6.02 Å². The molecule has 114 valence electrons. The van der Waals surface area contributed by atoms with Crippen molar-refractivity contribution in [3.63, 3.8) is 0 Å². The Kier molecular flexibility index (Phi) is 3.85. The van der Waals surface area contributed by atoms with Crippen LogP contribution in [0.1, 0.15) is 60.7 Å². The Balaban J connectivity index is 2.26. The molecule has 1 heterocycles. The standard InChI is InChI=1S/C15H25NO4/c1-15(2,3)13-16(14(18)19)11(12(17)20-13)9-10-7-5-4-6-8-10/h10-11,13H,4-9H2,1-3H3,(H,18,19)/t11-,13+/m0/s1/i11D. The largest absolute Gasteiger partial charge is 0.465 e. The molecule has 1 amide bonds. The number of hydrogen-bond donors (Lipinski definition) is 1. The molecular formula is C15H25NO4. The highest BCUT2D eigenvalue weighted by Gasteiger charge is 2.50. The summed E-state index contributed by atoms with van der Waals surface area (Å²) in [7, 11) is 0. The van der Waals surface area contributed by atoms with Gasteiger partial charge < -0.3 is 9.84 Å². The lowest BCUT2D eigenvalue weighted by Gasteiger charge is -2.33. The molecule has 2 fully saturated rings. The first kappa shape index (κ1) is 13.7. The summed E-state index contributed by atoms with van der Waals surface area (Å²) in [5.74, 6) is -0.500. The van der Waals surface area contributed by atoms with E-state index in [-0.39, 0.29) is 12.3 Å². The number of carbonyl (C=O) groups excluding carboxylic acids is 1. The van der Waals surface area contributed by atoms with Crippen molar-refractivity contribution in [1.82, 2.24) is 4.90 Å². The van der Waals surface area contributed by atoms with E-state index in [1.807, 2.05) is 20.8 Å². The van der Waals surface area contributed by atoms with Crippen molar-refractivity contribution in [3.05, 3.63) is 0 Å². The Morgan fingerprint density at radius 3 is 2.50 bits per heavy atom. The van der Waals surface area contributed by atoms with Gasteiger partial charge in [-0.25, -0.2) is 9.59 Å². The number of rotatable bonds is 2. The van der Waals surface area contributed by atoms with Gasteiger partial charge in [0.2, 0.25) is 0 Å². The summed E-state index contributed by atoms with van der Waals surface area (Å²) in [6.45, 7) is 5.44. The molecule has 0 aromatic heterocycles. The highest BCUT2D eigenvalue weighted by molar-refractivity contribution is 5.84. The summed E-state index contributed by atoms with van der Waals surface area (Å²) in [5.41, 5.74) is -0.552. The molecule has 5 nitrogen and oxygen atoms in total. The zero-order valence-corrected chi connectivity index (χ0v) is 12.5. The monoisotopic (exact) mass is 284 g/mol. The topological polar surface area (TPSA) is 66.8 Å². The molecule has 2 atom stereocenters. The van der Waals surface area contributed by atoms with E-state index in [1.165, 1.54) is 6.42 Å². The number of cyclic esters (lactones) is 1. The normalized spacial score (nSPS) is 33.0. The van der Waals surface area contributed by atoms with Gasteiger partial charge in [0.15, 0.2) is 6.23 Å². The number of carboxylic acid groups (broad SMARTS) is 1. The van der Waals surface area contributed by atoms with E-state index in [9.17, 15) is 14.7 Å². The number of amides is 1. The summed E-state index contributed by atoms with van der Waals surface area (Å²) in [6.07, 6.45) is 3.36. The third-order valence-electron chi connectivity index (χ3n) is 4.13. The summed E-state index contributed by atoms with van der Waals surface area (Å²) in [4.78, 5) is 24.8. The van der Waals surface area contributed by atoms with E-state index >= 15 is 0 Å². The van der Waals surface area contributed by atoms with E-state index in [4.69, 9.17) is 6.11 Å². The van der Waals surface area contributed by atoms with Crippen molar-refractivity contribution in [2.24, 2.45) is 11.3 Å². The fourth-order valence-electron chi connectivity index (χ4n) is 3.09. The van der Waals surface area contributed by atoms with Crippen LogP contribution in [0, 0.1) is 11.3 Å². The molecule has 1 saturated heterocycles. The van der Waals surface area contributed by atoms with Crippen molar-refractivity contribution < 1.29 is 20.8 Å². The molecule has 0 bridgehead atoms. The second-order valence-corrected chi connectivity index (χ2v) is 6.93. The SMILES string of the molecule is [2H][C@]1(CC2CCCCC2)C(=O)O[C@H](C(C)(C)C)N1C(=O)O. The number of hydrogen-bond acceptors (Lipinski definition) is 3. The third kappa shape index (κ3) is 3.07. The molecule has 0 unspecified atom stereocenters. The van der Waals surface area contributed by atoms with Crippen LogP contribution >= 0.6 is 0 Å². The van der Waals surface area contributed by atoms with E-state index in [1.54, 1.807) is 0 Å². The van der Waals surface area contributed by atoms with Crippen molar-refractivity contribution in [3.8, 4) is 0 Å². The molecule has 20 heavy (non-hydrogen) atoms. The first-order chi connectivity index (χ1) is 9.66. The average Bonchev–Trinajstić information content (AvgIpc) is 2.63. The molecule has 0 aromatic carbocycles. The molecule has 0 aromatic rings. The highest BCUT2D eigenvalue weighted by atomic mass is 16.6. The molecule has 0 spiro atoms. The number of ether oxygens (including phenoxy) is 1. The predicted octanol–water partition coefficient (Wildman–Crippen LogP) is 3.23. The Bertz CT molecular complexity index is 428.